The number of hydrogen-bond donors (Lipinski definition) is 0. The number of rotatable bonds is 8. The molecule has 0 fully saturated rings. The van der Waals surface area contributed by atoms with E-state index in [2.05, 4.69) is 6.92 Å². The van der Waals surface area contributed by atoms with E-state index in [0.29, 0.717) is 12.0 Å². The van der Waals surface area contributed by atoms with Gasteiger partial charge in [0.2, 0.25) is 0 Å². The first-order chi connectivity index (χ1) is 12.4. The molecular weight excluding hydrogens is 336 g/mol. The van der Waals surface area contributed by atoms with Gasteiger partial charge in [0.15, 0.2) is 11.6 Å². The number of carbonyl (C=O) groups excluding carboxylic acids is 3. The van der Waals surface area contributed by atoms with Crippen LogP contribution in [0.2, 0.25) is 0 Å². The molecular formula is C20H24O6. The van der Waals surface area contributed by atoms with Crippen molar-refractivity contribution in [3.05, 3.63) is 34.9 Å². The molecule has 6 heteroatoms. The number of ketones is 2. The minimum absolute atomic E-state index is 0.142. The molecule has 1 aliphatic carbocycles. The average Bonchev–Trinajstić information content (AvgIpc) is 2.63. The van der Waals surface area contributed by atoms with Crippen LogP contribution in [0.3, 0.4) is 0 Å². The van der Waals surface area contributed by atoms with Crippen molar-refractivity contribution >= 4 is 17.5 Å². The first kappa shape index (κ1) is 19.7. The zero-order valence-corrected chi connectivity index (χ0v) is 15.6. The third-order valence-electron chi connectivity index (χ3n) is 4.31. The Balaban J connectivity index is 2.40. The Hall–Kier alpha value is -2.63. The van der Waals surface area contributed by atoms with Crippen molar-refractivity contribution < 1.29 is 28.6 Å². The van der Waals surface area contributed by atoms with Crippen LogP contribution >= 0.6 is 0 Å². The second kappa shape index (κ2) is 8.65. The number of unbranched alkanes of at least 4 members (excludes halogenated alkanes) is 2. The Morgan fingerprint density at radius 3 is 2.27 bits per heavy atom. The van der Waals surface area contributed by atoms with E-state index in [1.54, 1.807) is 13.0 Å². The monoisotopic (exact) mass is 360 g/mol. The Kier molecular flexibility index (Phi) is 6.55. The SMILES string of the molecule is CCCCCC(=O)OC(C)c1cc(OC)c2c(c1OC)C(=O)C=CC2=O. The minimum Gasteiger partial charge on any atom is -0.496 e. The summed E-state index contributed by atoms with van der Waals surface area (Å²) >= 11 is 0. The van der Waals surface area contributed by atoms with Crippen molar-refractivity contribution in [2.45, 2.75) is 45.6 Å². The van der Waals surface area contributed by atoms with E-state index in [1.165, 1.54) is 26.4 Å². The van der Waals surface area contributed by atoms with Crippen LogP contribution in [0.4, 0.5) is 0 Å². The van der Waals surface area contributed by atoms with Crippen LogP contribution in [0.5, 0.6) is 11.5 Å². The maximum absolute atomic E-state index is 12.4. The number of esters is 1. The molecule has 1 aromatic carbocycles. The highest BCUT2D eigenvalue weighted by Gasteiger charge is 2.31. The highest BCUT2D eigenvalue weighted by Crippen LogP contribution is 2.40. The second-order valence-corrected chi connectivity index (χ2v) is 6.10. The molecule has 0 aliphatic heterocycles. The fraction of sp³-hybridized carbons (Fsp3) is 0.450. The highest BCUT2D eigenvalue weighted by atomic mass is 16.5. The summed E-state index contributed by atoms with van der Waals surface area (Å²) in [6.45, 7) is 3.76. The molecule has 0 N–H and O–H groups in total. The van der Waals surface area contributed by atoms with Gasteiger partial charge in [-0.05, 0) is 31.6 Å². The molecule has 140 valence electrons. The zero-order valence-electron chi connectivity index (χ0n) is 15.6. The van der Waals surface area contributed by atoms with Crippen LogP contribution in [0, 0.1) is 0 Å². The van der Waals surface area contributed by atoms with Gasteiger partial charge in [-0.2, -0.15) is 0 Å². The maximum Gasteiger partial charge on any atom is 0.306 e. The van der Waals surface area contributed by atoms with E-state index in [-0.39, 0.29) is 40.2 Å². The van der Waals surface area contributed by atoms with Gasteiger partial charge in [-0.15, -0.1) is 0 Å². The lowest BCUT2D eigenvalue weighted by atomic mass is 9.89. The summed E-state index contributed by atoms with van der Waals surface area (Å²) in [5, 5.41) is 0. The van der Waals surface area contributed by atoms with Gasteiger partial charge in [0, 0.05) is 12.0 Å². The summed E-state index contributed by atoms with van der Waals surface area (Å²) in [7, 11) is 2.83. The molecule has 6 nitrogen and oxygen atoms in total. The van der Waals surface area contributed by atoms with Crippen molar-refractivity contribution in [2.75, 3.05) is 14.2 Å². The number of fused-ring (bicyclic) bond motifs is 1. The Morgan fingerprint density at radius 1 is 1.04 bits per heavy atom. The molecule has 0 aromatic heterocycles. The van der Waals surface area contributed by atoms with Crippen molar-refractivity contribution in [3.63, 3.8) is 0 Å². The summed E-state index contributed by atoms with van der Waals surface area (Å²) < 4.78 is 16.2. The first-order valence-electron chi connectivity index (χ1n) is 8.69. The molecule has 1 unspecified atom stereocenters. The zero-order chi connectivity index (χ0) is 19.3. The normalized spacial score (nSPS) is 14.0. The molecule has 0 bridgehead atoms. The standard InChI is InChI=1S/C20H24O6/c1-5-6-7-8-17(23)26-12(2)13-11-16(24-3)18-14(21)9-10-15(22)19(18)20(13)25-4/h9-12H,5-8H2,1-4H3. The van der Waals surface area contributed by atoms with Gasteiger partial charge in [-0.25, -0.2) is 0 Å². The summed E-state index contributed by atoms with van der Waals surface area (Å²) in [6.07, 6.45) is 4.85. The number of benzene rings is 1. The van der Waals surface area contributed by atoms with Gasteiger partial charge in [-0.1, -0.05) is 19.8 Å². The van der Waals surface area contributed by atoms with Gasteiger partial charge in [0.25, 0.3) is 0 Å². The van der Waals surface area contributed by atoms with E-state index >= 15 is 0 Å². The highest BCUT2D eigenvalue weighted by molar-refractivity contribution is 6.24. The van der Waals surface area contributed by atoms with E-state index in [1.807, 2.05) is 0 Å². The fourth-order valence-electron chi connectivity index (χ4n) is 2.98. The first-order valence-corrected chi connectivity index (χ1v) is 8.69. The van der Waals surface area contributed by atoms with E-state index in [0.717, 1.165) is 19.3 Å². The van der Waals surface area contributed by atoms with E-state index in [9.17, 15) is 14.4 Å². The average molecular weight is 360 g/mol. The molecule has 2 rings (SSSR count). The second-order valence-electron chi connectivity index (χ2n) is 6.10. The third kappa shape index (κ3) is 3.95. The molecule has 26 heavy (non-hydrogen) atoms. The van der Waals surface area contributed by atoms with Crippen LogP contribution in [0.1, 0.15) is 71.9 Å². The minimum atomic E-state index is -0.646. The van der Waals surface area contributed by atoms with Crippen molar-refractivity contribution in [3.8, 4) is 11.5 Å². The van der Waals surface area contributed by atoms with Gasteiger partial charge in [-0.3, -0.25) is 14.4 Å². The molecule has 0 radical (unpaired) electrons. The van der Waals surface area contributed by atoms with Crippen molar-refractivity contribution in [2.24, 2.45) is 0 Å². The number of hydrogen-bond acceptors (Lipinski definition) is 6. The molecule has 0 heterocycles. The molecule has 0 amide bonds. The summed E-state index contributed by atoms with van der Waals surface area (Å²) in [4.78, 5) is 36.6. The number of allylic oxidation sites excluding steroid dienone is 2. The summed E-state index contributed by atoms with van der Waals surface area (Å²) in [6, 6.07) is 1.59. The lowest BCUT2D eigenvalue weighted by molar-refractivity contribution is -0.148. The summed E-state index contributed by atoms with van der Waals surface area (Å²) in [5.41, 5.74) is 0.800. The molecule has 0 spiro atoms. The van der Waals surface area contributed by atoms with Crippen LogP contribution in [0.15, 0.2) is 18.2 Å². The van der Waals surface area contributed by atoms with Crippen LogP contribution < -0.4 is 9.47 Å². The van der Waals surface area contributed by atoms with Crippen LogP contribution in [-0.2, 0) is 9.53 Å². The molecule has 1 aromatic rings. The number of carbonyl (C=O) groups is 3. The topological polar surface area (TPSA) is 78.9 Å². The molecule has 0 saturated carbocycles. The van der Waals surface area contributed by atoms with Crippen LogP contribution in [0.25, 0.3) is 0 Å². The maximum atomic E-state index is 12.4. The van der Waals surface area contributed by atoms with Gasteiger partial charge in [0.1, 0.15) is 17.6 Å². The van der Waals surface area contributed by atoms with E-state index < -0.39 is 6.10 Å². The fourth-order valence-corrected chi connectivity index (χ4v) is 2.98. The van der Waals surface area contributed by atoms with E-state index in [4.69, 9.17) is 14.2 Å². The van der Waals surface area contributed by atoms with Gasteiger partial charge >= 0.3 is 5.97 Å². The number of ether oxygens (including phenoxy) is 3. The molecule has 1 atom stereocenters. The number of methoxy groups -OCH3 is 2. The van der Waals surface area contributed by atoms with Crippen LogP contribution in [-0.4, -0.2) is 31.8 Å². The smallest absolute Gasteiger partial charge is 0.306 e. The molecule has 1 aliphatic rings. The Bertz CT molecular complexity index is 747. The Morgan fingerprint density at radius 2 is 1.69 bits per heavy atom. The van der Waals surface area contributed by atoms with Crippen molar-refractivity contribution in [1.29, 1.82) is 0 Å². The molecule has 0 saturated heterocycles. The van der Waals surface area contributed by atoms with Crippen molar-refractivity contribution in [1.82, 2.24) is 0 Å². The Labute approximate surface area is 153 Å². The summed E-state index contributed by atoms with van der Waals surface area (Å²) in [5.74, 6) is -0.500. The predicted molar refractivity (Wildman–Crippen MR) is 96.0 cm³/mol. The quantitative estimate of drug-likeness (QED) is 0.518. The largest absolute Gasteiger partial charge is 0.496 e. The lowest BCUT2D eigenvalue weighted by Gasteiger charge is -2.23. The van der Waals surface area contributed by atoms with Gasteiger partial charge < -0.3 is 14.2 Å². The third-order valence-corrected chi connectivity index (χ3v) is 4.31. The predicted octanol–water partition coefficient (Wildman–Crippen LogP) is 3.82. The van der Waals surface area contributed by atoms with Gasteiger partial charge in [0.05, 0.1) is 25.3 Å². The lowest BCUT2D eigenvalue weighted by Crippen LogP contribution is -2.18.